The van der Waals surface area contributed by atoms with Gasteiger partial charge in [0, 0.05) is 18.1 Å². The first-order chi connectivity index (χ1) is 12.2. The van der Waals surface area contributed by atoms with Crippen LogP contribution in [0, 0.1) is 12.3 Å². The molecule has 0 radical (unpaired) electrons. The van der Waals surface area contributed by atoms with Crippen molar-refractivity contribution >= 4 is 27.4 Å². The monoisotopic (exact) mass is 394 g/mol. The molecule has 0 unspecified atom stereocenters. The van der Waals surface area contributed by atoms with Crippen LogP contribution in [0.1, 0.15) is 17.0 Å². The fourth-order valence-corrected chi connectivity index (χ4v) is 6.19. The van der Waals surface area contributed by atoms with Gasteiger partial charge >= 0.3 is 5.97 Å². The number of benzene rings is 2. The number of methoxy groups -OCH3 is 1. The molecular weight excluding hydrogens is 376 g/mol. The molecule has 26 heavy (non-hydrogen) atoms. The Hall–Kier alpha value is -1.89. The van der Waals surface area contributed by atoms with Crippen LogP contribution in [-0.2, 0) is 19.4 Å². The molecule has 0 heterocycles. The summed E-state index contributed by atoms with van der Waals surface area (Å²) >= 11 is 6.03. The molecule has 5 nitrogen and oxygen atoms in total. The van der Waals surface area contributed by atoms with Crippen LogP contribution in [0.25, 0.3) is 0 Å². The van der Waals surface area contributed by atoms with Crippen molar-refractivity contribution in [2.24, 2.45) is 5.41 Å². The molecule has 0 aliphatic heterocycles. The van der Waals surface area contributed by atoms with Crippen LogP contribution in [0.4, 0.5) is 0 Å². The van der Waals surface area contributed by atoms with Gasteiger partial charge in [-0.2, -0.15) is 0 Å². The zero-order valence-electron chi connectivity index (χ0n) is 14.3. The maximum Gasteiger partial charge on any atom is 0.314 e. The highest BCUT2D eigenvalue weighted by molar-refractivity contribution is 7.92. The third-order valence-electron chi connectivity index (χ3n) is 4.93. The minimum Gasteiger partial charge on any atom is -0.481 e. The number of sulfone groups is 1. The lowest BCUT2D eigenvalue weighted by molar-refractivity contribution is -0.145. The predicted octanol–water partition coefficient (Wildman–Crippen LogP) is 3.31. The molecule has 0 amide bonds. The van der Waals surface area contributed by atoms with E-state index in [4.69, 9.17) is 16.3 Å². The van der Waals surface area contributed by atoms with Gasteiger partial charge in [0.05, 0.1) is 16.8 Å². The highest BCUT2D eigenvalue weighted by atomic mass is 35.5. The van der Waals surface area contributed by atoms with Crippen LogP contribution in [0.5, 0.6) is 0 Å². The molecule has 0 bridgehead atoms. The molecule has 0 spiro atoms. The lowest BCUT2D eigenvalue weighted by Gasteiger charge is -2.12. The molecule has 3 rings (SSSR count). The second-order valence-corrected chi connectivity index (χ2v) is 9.10. The zero-order valence-corrected chi connectivity index (χ0v) is 15.9. The number of rotatable bonds is 6. The van der Waals surface area contributed by atoms with Gasteiger partial charge in [-0.25, -0.2) is 8.42 Å². The number of hydrogen-bond donors (Lipinski definition) is 1. The lowest BCUT2D eigenvalue weighted by atomic mass is 10.00. The Morgan fingerprint density at radius 3 is 2.42 bits per heavy atom. The quantitative estimate of drug-likeness (QED) is 0.812. The molecule has 0 aromatic heterocycles. The fraction of sp³-hybridized carbons (Fsp3) is 0.316. The molecule has 1 aliphatic rings. The Morgan fingerprint density at radius 1 is 1.23 bits per heavy atom. The van der Waals surface area contributed by atoms with Gasteiger partial charge in [-0.15, -0.1) is 0 Å². The minimum absolute atomic E-state index is 0.111. The van der Waals surface area contributed by atoms with E-state index in [0.29, 0.717) is 10.6 Å². The average molecular weight is 395 g/mol. The molecule has 138 valence electrons. The summed E-state index contributed by atoms with van der Waals surface area (Å²) in [6, 6.07) is 13.1. The van der Waals surface area contributed by atoms with E-state index in [9.17, 15) is 18.3 Å². The van der Waals surface area contributed by atoms with Gasteiger partial charge in [0.1, 0.15) is 5.41 Å². The van der Waals surface area contributed by atoms with Crippen molar-refractivity contribution < 1.29 is 23.1 Å². The van der Waals surface area contributed by atoms with E-state index in [0.717, 1.165) is 5.56 Å². The Kier molecular flexibility index (Phi) is 4.86. The normalized spacial score (nSPS) is 25.0. The summed E-state index contributed by atoms with van der Waals surface area (Å²) < 4.78 is 31.5. The third-order valence-corrected chi connectivity index (χ3v) is 7.45. The van der Waals surface area contributed by atoms with Crippen molar-refractivity contribution in [1.29, 1.82) is 0 Å². The van der Waals surface area contributed by atoms with Crippen LogP contribution < -0.4 is 0 Å². The fourth-order valence-electron chi connectivity index (χ4n) is 3.63. The molecule has 2 aromatic carbocycles. The van der Waals surface area contributed by atoms with E-state index >= 15 is 0 Å². The largest absolute Gasteiger partial charge is 0.481 e. The van der Waals surface area contributed by atoms with Crippen LogP contribution in [-0.4, -0.2) is 38.5 Å². The number of carboxylic acids is 1. The summed E-state index contributed by atoms with van der Waals surface area (Å²) in [5.41, 5.74) is -0.0338. The summed E-state index contributed by atoms with van der Waals surface area (Å²) in [5, 5.41) is 9.19. The molecular formula is C19H19ClO5S. The highest BCUT2D eigenvalue weighted by Crippen LogP contribution is 2.64. The van der Waals surface area contributed by atoms with E-state index < -0.39 is 32.4 Å². The van der Waals surface area contributed by atoms with E-state index in [-0.39, 0.29) is 11.5 Å². The summed E-state index contributed by atoms with van der Waals surface area (Å²) in [6.07, 6.45) is 0. The highest BCUT2D eigenvalue weighted by Gasteiger charge is 2.76. The standard InChI is InChI=1S/C19H19ClO5S/c1-12-6-8-15(9-7-12)26(23,24)17-16(13-4-3-5-14(20)10-13)19(17,11-25-2)18(21)22/h3-10,16-17H,11H2,1-2H3,(H,21,22)/t16-,17+,19+/m1/s1. The lowest BCUT2D eigenvalue weighted by Crippen LogP contribution is -2.28. The average Bonchev–Trinajstić information content (AvgIpc) is 3.27. The smallest absolute Gasteiger partial charge is 0.314 e. The number of halogens is 1. The van der Waals surface area contributed by atoms with E-state index in [1.165, 1.54) is 19.2 Å². The van der Waals surface area contributed by atoms with E-state index in [2.05, 4.69) is 0 Å². The molecule has 1 fully saturated rings. The van der Waals surface area contributed by atoms with Crippen molar-refractivity contribution in [3.8, 4) is 0 Å². The van der Waals surface area contributed by atoms with Crippen molar-refractivity contribution in [2.45, 2.75) is 23.0 Å². The summed E-state index contributed by atoms with van der Waals surface area (Å²) in [7, 11) is -2.50. The van der Waals surface area contributed by atoms with Crippen LogP contribution in [0.15, 0.2) is 53.4 Å². The SMILES string of the molecule is COC[C@]1(C(=O)O)[C@H](c2cccc(Cl)c2)[C@@H]1S(=O)(=O)c1ccc(C)cc1. The van der Waals surface area contributed by atoms with E-state index in [1.807, 2.05) is 6.92 Å². The first-order valence-electron chi connectivity index (χ1n) is 8.03. The summed E-state index contributed by atoms with van der Waals surface area (Å²) in [4.78, 5) is 12.2. The van der Waals surface area contributed by atoms with Crippen molar-refractivity contribution in [2.75, 3.05) is 13.7 Å². The van der Waals surface area contributed by atoms with Gasteiger partial charge in [0.15, 0.2) is 9.84 Å². The molecule has 2 aromatic rings. The van der Waals surface area contributed by atoms with Gasteiger partial charge in [-0.1, -0.05) is 41.4 Å². The second-order valence-electron chi connectivity index (χ2n) is 6.59. The number of carbonyl (C=O) groups is 1. The van der Waals surface area contributed by atoms with Crippen LogP contribution >= 0.6 is 11.6 Å². The number of hydrogen-bond acceptors (Lipinski definition) is 4. The molecule has 3 atom stereocenters. The second kappa shape index (κ2) is 6.68. The predicted molar refractivity (Wildman–Crippen MR) is 98.3 cm³/mol. The number of aliphatic carboxylic acids is 1. The molecule has 1 aliphatic carbocycles. The van der Waals surface area contributed by atoms with Crippen molar-refractivity contribution in [3.63, 3.8) is 0 Å². The molecule has 7 heteroatoms. The zero-order chi connectivity index (χ0) is 19.1. The maximum absolute atomic E-state index is 13.2. The van der Waals surface area contributed by atoms with Gasteiger partial charge in [0.25, 0.3) is 0 Å². The Bertz CT molecular complexity index is 939. The van der Waals surface area contributed by atoms with E-state index in [1.54, 1.807) is 36.4 Å². The van der Waals surface area contributed by atoms with Crippen molar-refractivity contribution in [1.82, 2.24) is 0 Å². The number of aryl methyl sites for hydroxylation is 1. The summed E-state index contributed by atoms with van der Waals surface area (Å²) in [6.45, 7) is 1.66. The van der Waals surface area contributed by atoms with Gasteiger partial charge in [0.2, 0.25) is 0 Å². The Labute approximate surface area is 157 Å². The number of carboxylic acid groups (broad SMARTS) is 1. The first kappa shape index (κ1) is 18.9. The molecule has 0 saturated heterocycles. The summed E-state index contributed by atoms with van der Waals surface area (Å²) in [5.74, 6) is -1.92. The minimum atomic E-state index is -3.87. The van der Waals surface area contributed by atoms with Crippen LogP contribution in [0.3, 0.4) is 0 Å². The van der Waals surface area contributed by atoms with Crippen molar-refractivity contribution in [3.05, 3.63) is 64.7 Å². The molecule has 1 saturated carbocycles. The molecule has 1 N–H and O–H groups in total. The van der Waals surface area contributed by atoms with Gasteiger partial charge in [-0.3, -0.25) is 4.79 Å². The van der Waals surface area contributed by atoms with Crippen LogP contribution in [0.2, 0.25) is 5.02 Å². The Morgan fingerprint density at radius 2 is 1.88 bits per heavy atom. The Balaban J connectivity index is 2.13. The third kappa shape index (κ3) is 2.92. The van der Waals surface area contributed by atoms with Gasteiger partial charge in [-0.05, 0) is 36.8 Å². The maximum atomic E-state index is 13.2. The van der Waals surface area contributed by atoms with Gasteiger partial charge < -0.3 is 9.84 Å². The number of ether oxygens (including phenoxy) is 1. The topological polar surface area (TPSA) is 80.7 Å². The first-order valence-corrected chi connectivity index (χ1v) is 9.96.